The summed E-state index contributed by atoms with van der Waals surface area (Å²) in [6.45, 7) is 4.45. The Morgan fingerprint density at radius 2 is 1.50 bits per heavy atom. The molecule has 1 aliphatic rings. The summed E-state index contributed by atoms with van der Waals surface area (Å²) in [5.41, 5.74) is 6.06. The summed E-state index contributed by atoms with van der Waals surface area (Å²) in [4.78, 5) is 14.1. The zero-order valence-electron chi connectivity index (χ0n) is 23.2. The molecule has 0 unspecified atom stereocenters. The van der Waals surface area contributed by atoms with Crippen LogP contribution in [0.4, 0.5) is 4.79 Å². The van der Waals surface area contributed by atoms with Crippen LogP contribution >= 0.6 is 0 Å². The van der Waals surface area contributed by atoms with Crippen molar-refractivity contribution in [1.29, 1.82) is 0 Å². The Balaban J connectivity index is 1.77. The number of benzene rings is 2. The fraction of sp³-hybridized carbons (Fsp3) is 0.452. The van der Waals surface area contributed by atoms with E-state index >= 15 is 0 Å². The molecule has 1 fully saturated rings. The number of unbranched alkanes of at least 4 members (excludes halogenated alkanes) is 3. The number of amides is 2. The highest BCUT2D eigenvalue weighted by Crippen LogP contribution is 2.41. The number of ether oxygens (including phenoxy) is 2. The number of urea groups is 1. The van der Waals surface area contributed by atoms with Gasteiger partial charge in [-0.3, -0.25) is 5.21 Å². The molecule has 0 spiro atoms. The Bertz CT molecular complexity index is 1180. The van der Waals surface area contributed by atoms with Crippen LogP contribution in [0.5, 0.6) is 11.5 Å². The van der Waals surface area contributed by atoms with E-state index in [9.17, 15) is 10.0 Å². The van der Waals surface area contributed by atoms with Crippen LogP contribution in [0.3, 0.4) is 0 Å². The molecule has 4 rings (SSSR count). The van der Waals surface area contributed by atoms with E-state index in [1.807, 2.05) is 24.3 Å². The van der Waals surface area contributed by atoms with Crippen LogP contribution < -0.4 is 9.47 Å². The van der Waals surface area contributed by atoms with Crippen molar-refractivity contribution in [3.8, 4) is 33.9 Å². The average Bonchev–Trinajstić information content (AvgIpc) is 3.34. The summed E-state index contributed by atoms with van der Waals surface area (Å²) in [6, 6.07) is 18.7. The summed E-state index contributed by atoms with van der Waals surface area (Å²) in [6.07, 6.45) is 6.48. The van der Waals surface area contributed by atoms with Crippen LogP contribution in [0, 0.1) is 0 Å². The first-order chi connectivity index (χ1) is 18.5. The predicted octanol–water partition coefficient (Wildman–Crippen LogP) is 7.04. The number of hydrogen-bond acceptors (Lipinski definition) is 4. The Morgan fingerprint density at radius 1 is 0.921 bits per heavy atom. The van der Waals surface area contributed by atoms with E-state index in [-0.39, 0.29) is 6.03 Å². The maximum atomic E-state index is 12.3. The van der Waals surface area contributed by atoms with Crippen LogP contribution in [0.1, 0.15) is 57.1 Å². The molecule has 0 atom stereocenters. The van der Waals surface area contributed by atoms with Crippen molar-refractivity contribution < 1.29 is 19.5 Å². The number of rotatable bonds is 10. The van der Waals surface area contributed by atoms with Gasteiger partial charge in [-0.1, -0.05) is 38.3 Å². The van der Waals surface area contributed by atoms with E-state index < -0.39 is 0 Å². The highest BCUT2D eigenvalue weighted by Gasteiger charge is 2.29. The van der Waals surface area contributed by atoms with E-state index in [4.69, 9.17) is 9.47 Å². The number of nitrogens with zero attached hydrogens (tertiary/aromatic N) is 3. The molecule has 204 valence electrons. The lowest BCUT2D eigenvalue weighted by molar-refractivity contribution is -0.0357. The first-order valence-electron chi connectivity index (χ1n) is 13.7. The first-order valence-corrected chi connectivity index (χ1v) is 13.7. The number of methoxy groups -OCH3 is 2. The van der Waals surface area contributed by atoms with Crippen molar-refractivity contribution in [3.05, 3.63) is 60.3 Å². The number of likely N-dealkylation sites (tertiary alicyclic amines) is 1. The van der Waals surface area contributed by atoms with Gasteiger partial charge >= 0.3 is 6.03 Å². The molecule has 1 aliphatic heterocycles. The lowest BCUT2D eigenvalue weighted by Crippen LogP contribution is -2.43. The molecule has 0 saturated carbocycles. The molecule has 1 saturated heterocycles. The molecule has 7 heteroatoms. The smallest absolute Gasteiger partial charge is 0.343 e. The molecule has 7 nitrogen and oxygen atoms in total. The molecule has 3 aromatic rings. The number of hydrogen-bond donors (Lipinski definition) is 1. The van der Waals surface area contributed by atoms with Crippen molar-refractivity contribution >= 4 is 6.03 Å². The van der Waals surface area contributed by atoms with Crippen molar-refractivity contribution in [2.75, 3.05) is 34.4 Å². The minimum absolute atomic E-state index is 0.332. The van der Waals surface area contributed by atoms with E-state index in [1.165, 1.54) is 43.3 Å². The van der Waals surface area contributed by atoms with Crippen LogP contribution in [0.25, 0.3) is 22.4 Å². The van der Waals surface area contributed by atoms with E-state index in [0.29, 0.717) is 24.1 Å². The highest BCUT2D eigenvalue weighted by atomic mass is 16.5. The van der Waals surface area contributed by atoms with Crippen molar-refractivity contribution in [2.24, 2.45) is 0 Å². The first kappa shape index (κ1) is 27.6. The molecular formula is C31H41N3O4. The summed E-state index contributed by atoms with van der Waals surface area (Å²) < 4.78 is 13.4. The van der Waals surface area contributed by atoms with Crippen molar-refractivity contribution in [2.45, 2.75) is 57.9 Å². The topological polar surface area (TPSA) is 67.2 Å². The van der Waals surface area contributed by atoms with Crippen molar-refractivity contribution in [3.63, 3.8) is 0 Å². The maximum absolute atomic E-state index is 12.3. The Labute approximate surface area is 226 Å². The normalized spacial score (nSPS) is 14.0. The lowest BCUT2D eigenvalue weighted by Gasteiger charge is -2.33. The summed E-state index contributed by atoms with van der Waals surface area (Å²) in [5.74, 6) is 2.01. The molecule has 2 heterocycles. The number of carbonyl (C=O) groups excluding carboxylic acids is 1. The molecule has 1 aromatic heterocycles. The fourth-order valence-electron chi connectivity index (χ4n) is 5.47. The van der Waals surface area contributed by atoms with Gasteiger partial charge in [0, 0.05) is 43.9 Å². The van der Waals surface area contributed by atoms with Gasteiger partial charge in [0.05, 0.1) is 19.9 Å². The molecule has 1 N–H and O–H groups in total. The van der Waals surface area contributed by atoms with Gasteiger partial charge in [-0.15, -0.1) is 0 Å². The van der Waals surface area contributed by atoms with Crippen LogP contribution in [0.15, 0.2) is 54.6 Å². The second kappa shape index (κ2) is 12.9. The Kier molecular flexibility index (Phi) is 9.34. The highest BCUT2D eigenvalue weighted by molar-refractivity contribution is 5.83. The quantitative estimate of drug-likeness (QED) is 0.177. The zero-order valence-corrected chi connectivity index (χ0v) is 23.2. The van der Waals surface area contributed by atoms with E-state index in [1.54, 1.807) is 19.1 Å². The summed E-state index contributed by atoms with van der Waals surface area (Å²) >= 11 is 0. The summed E-state index contributed by atoms with van der Waals surface area (Å²) in [5, 5.41) is 10.3. The van der Waals surface area contributed by atoms with E-state index in [2.05, 4.69) is 41.8 Å². The number of carbonyl (C=O) groups is 1. The molecule has 2 amide bonds. The van der Waals surface area contributed by atoms with Gasteiger partial charge in [0.2, 0.25) is 0 Å². The monoisotopic (exact) mass is 519 g/mol. The SMILES string of the molecule is CCCCCCn1c(C2CCN(C(=O)N(C)O)CC2)cc(-c2ccc(OC)cc2)c1-c1ccc(OC)cc1. The lowest BCUT2D eigenvalue weighted by atomic mass is 9.92. The molecule has 0 aliphatic carbocycles. The summed E-state index contributed by atoms with van der Waals surface area (Å²) in [7, 11) is 4.77. The standard InChI is InChI=1S/C31H41N3O4/c1-5-6-7-8-19-34-29(24-17-20-33(21-18-24)31(35)32(2)36)22-28(23-9-13-26(37-3)14-10-23)30(34)25-11-15-27(38-4)16-12-25/h9-16,22,24,36H,5-8,17-21H2,1-4H3. The molecule has 38 heavy (non-hydrogen) atoms. The molecule has 0 radical (unpaired) electrons. The third-order valence-corrected chi connectivity index (χ3v) is 7.59. The van der Waals surface area contributed by atoms with Crippen LogP contribution in [-0.4, -0.2) is 60.1 Å². The second-order valence-corrected chi connectivity index (χ2v) is 10.1. The van der Waals surface area contributed by atoms with Gasteiger partial charge in [-0.25, -0.2) is 9.86 Å². The third-order valence-electron chi connectivity index (χ3n) is 7.59. The van der Waals surface area contributed by atoms with Gasteiger partial charge < -0.3 is 18.9 Å². The average molecular weight is 520 g/mol. The number of piperidine rings is 1. The maximum Gasteiger partial charge on any atom is 0.343 e. The van der Waals surface area contributed by atoms with Crippen molar-refractivity contribution in [1.82, 2.24) is 14.5 Å². The number of hydroxylamine groups is 2. The largest absolute Gasteiger partial charge is 0.497 e. The van der Waals surface area contributed by atoms with Gasteiger partial charge in [0.1, 0.15) is 11.5 Å². The van der Waals surface area contributed by atoms with Gasteiger partial charge in [0.15, 0.2) is 0 Å². The van der Waals surface area contributed by atoms with Crippen LogP contribution in [0.2, 0.25) is 0 Å². The fourth-order valence-corrected chi connectivity index (χ4v) is 5.47. The van der Waals surface area contributed by atoms with Gasteiger partial charge in [0.25, 0.3) is 0 Å². The number of aromatic nitrogens is 1. The third kappa shape index (κ3) is 6.16. The molecular weight excluding hydrogens is 478 g/mol. The zero-order chi connectivity index (χ0) is 27.1. The predicted molar refractivity (Wildman–Crippen MR) is 151 cm³/mol. The Hall–Kier alpha value is -3.45. The minimum atomic E-state index is -0.337. The van der Waals surface area contributed by atoms with Crippen LogP contribution in [-0.2, 0) is 6.54 Å². The van der Waals surface area contributed by atoms with Gasteiger partial charge in [-0.2, -0.15) is 0 Å². The van der Waals surface area contributed by atoms with Gasteiger partial charge in [-0.05, 0) is 72.9 Å². The minimum Gasteiger partial charge on any atom is -0.497 e. The molecule has 0 bridgehead atoms. The molecule has 2 aromatic carbocycles. The Morgan fingerprint density at radius 3 is 2.03 bits per heavy atom. The second-order valence-electron chi connectivity index (χ2n) is 10.1. The van der Waals surface area contributed by atoms with E-state index in [0.717, 1.165) is 48.4 Å².